The Kier molecular flexibility index (Phi) is 4.86. The van der Waals surface area contributed by atoms with E-state index < -0.39 is 0 Å². The topological polar surface area (TPSA) is 38.9 Å². The second-order valence-corrected chi connectivity index (χ2v) is 4.53. The number of nitrogens with two attached hydrogens (primary N) is 1. The largest absolute Gasteiger partial charge is 0.329 e. The molecule has 0 aromatic carbocycles. The van der Waals surface area contributed by atoms with Crippen LogP contribution < -0.4 is 5.73 Å². The molecule has 1 rings (SSSR count). The van der Waals surface area contributed by atoms with E-state index >= 15 is 0 Å². The lowest BCUT2D eigenvalue weighted by Gasteiger charge is -2.06. The van der Waals surface area contributed by atoms with Crippen molar-refractivity contribution in [1.29, 1.82) is 0 Å². The van der Waals surface area contributed by atoms with Crippen molar-refractivity contribution >= 4 is 11.8 Å². The number of nitrogens with zero attached hydrogens (tertiary/aromatic N) is 1. The maximum absolute atomic E-state index is 5.52. The van der Waals surface area contributed by atoms with Crippen molar-refractivity contribution in [2.24, 2.45) is 5.73 Å². The summed E-state index contributed by atoms with van der Waals surface area (Å²) in [5.74, 6) is 1.11. The van der Waals surface area contributed by atoms with Crippen molar-refractivity contribution in [3.63, 3.8) is 0 Å². The fourth-order valence-electron chi connectivity index (χ4n) is 0.979. The molecule has 1 heterocycles. The summed E-state index contributed by atoms with van der Waals surface area (Å²) in [6.45, 7) is 2.91. The lowest BCUT2D eigenvalue weighted by atomic mass is 10.3. The summed E-state index contributed by atoms with van der Waals surface area (Å²) in [5.41, 5.74) is 6.68. The van der Waals surface area contributed by atoms with Gasteiger partial charge in [0.2, 0.25) is 0 Å². The molecule has 1 unspecified atom stereocenters. The second-order valence-electron chi connectivity index (χ2n) is 2.99. The first-order valence-corrected chi connectivity index (χ1v) is 5.59. The SMILES string of the molecule is CC(CN)SCCc1ccccn1. The number of rotatable bonds is 5. The van der Waals surface area contributed by atoms with Crippen LogP contribution in [0.15, 0.2) is 24.4 Å². The summed E-state index contributed by atoms with van der Waals surface area (Å²) in [7, 11) is 0. The van der Waals surface area contributed by atoms with Gasteiger partial charge in [-0.2, -0.15) is 11.8 Å². The van der Waals surface area contributed by atoms with Gasteiger partial charge in [-0.3, -0.25) is 4.98 Å². The van der Waals surface area contributed by atoms with Crippen LogP contribution in [0.5, 0.6) is 0 Å². The molecule has 0 spiro atoms. The van der Waals surface area contributed by atoms with Crippen LogP contribution in [0.2, 0.25) is 0 Å². The predicted octanol–water partition coefficient (Wildman–Crippen LogP) is 1.70. The van der Waals surface area contributed by atoms with Gasteiger partial charge in [-0.15, -0.1) is 0 Å². The van der Waals surface area contributed by atoms with Crippen molar-refractivity contribution in [1.82, 2.24) is 4.98 Å². The van der Waals surface area contributed by atoms with E-state index in [1.165, 1.54) is 5.69 Å². The Morgan fingerprint density at radius 2 is 2.38 bits per heavy atom. The van der Waals surface area contributed by atoms with Crippen LogP contribution in [0, 0.1) is 0 Å². The van der Waals surface area contributed by atoms with Gasteiger partial charge < -0.3 is 5.73 Å². The molecule has 0 aliphatic heterocycles. The molecular weight excluding hydrogens is 180 g/mol. The highest BCUT2D eigenvalue weighted by Gasteiger charge is 1.99. The lowest BCUT2D eigenvalue weighted by Crippen LogP contribution is -2.13. The number of hydrogen-bond acceptors (Lipinski definition) is 3. The van der Waals surface area contributed by atoms with Gasteiger partial charge in [0.25, 0.3) is 0 Å². The molecule has 0 aliphatic carbocycles. The first-order valence-electron chi connectivity index (χ1n) is 4.54. The van der Waals surface area contributed by atoms with E-state index in [2.05, 4.69) is 18.0 Å². The van der Waals surface area contributed by atoms with Crippen LogP contribution in [-0.4, -0.2) is 22.5 Å². The van der Waals surface area contributed by atoms with Crippen molar-refractivity contribution in [3.05, 3.63) is 30.1 Å². The average Bonchev–Trinajstić information content (AvgIpc) is 2.19. The van der Waals surface area contributed by atoms with E-state index in [0.29, 0.717) is 5.25 Å². The molecule has 0 saturated heterocycles. The fraction of sp³-hybridized carbons (Fsp3) is 0.500. The fourth-order valence-corrected chi connectivity index (χ4v) is 1.84. The maximum atomic E-state index is 5.52. The van der Waals surface area contributed by atoms with E-state index in [4.69, 9.17) is 5.73 Å². The molecule has 0 amide bonds. The Morgan fingerprint density at radius 1 is 1.54 bits per heavy atom. The van der Waals surface area contributed by atoms with Crippen LogP contribution in [0.4, 0.5) is 0 Å². The molecule has 0 fully saturated rings. The van der Waals surface area contributed by atoms with Gasteiger partial charge in [-0.05, 0) is 24.3 Å². The number of hydrogen-bond donors (Lipinski definition) is 1. The molecule has 1 aromatic rings. The Hall–Kier alpha value is -0.540. The molecule has 0 radical (unpaired) electrons. The lowest BCUT2D eigenvalue weighted by molar-refractivity contribution is 0.945. The van der Waals surface area contributed by atoms with Crippen LogP contribution in [0.3, 0.4) is 0 Å². The van der Waals surface area contributed by atoms with Gasteiger partial charge in [0.15, 0.2) is 0 Å². The Balaban J connectivity index is 2.20. The molecule has 0 bridgehead atoms. The predicted molar refractivity (Wildman–Crippen MR) is 58.9 cm³/mol. The van der Waals surface area contributed by atoms with Crippen molar-refractivity contribution in [3.8, 4) is 0 Å². The molecule has 1 aromatic heterocycles. The van der Waals surface area contributed by atoms with Crippen LogP contribution in [0.25, 0.3) is 0 Å². The third-order valence-electron chi connectivity index (χ3n) is 1.82. The monoisotopic (exact) mass is 196 g/mol. The molecular formula is C10H16N2S. The third kappa shape index (κ3) is 4.29. The smallest absolute Gasteiger partial charge is 0.0411 e. The summed E-state index contributed by atoms with van der Waals surface area (Å²) in [6, 6.07) is 6.03. The first kappa shape index (κ1) is 10.5. The van der Waals surface area contributed by atoms with Gasteiger partial charge in [0.1, 0.15) is 0 Å². The van der Waals surface area contributed by atoms with E-state index in [0.717, 1.165) is 18.7 Å². The Bertz CT molecular complexity index is 226. The summed E-state index contributed by atoms with van der Waals surface area (Å²) in [4.78, 5) is 4.26. The zero-order chi connectivity index (χ0) is 9.52. The minimum atomic E-state index is 0.559. The van der Waals surface area contributed by atoms with Crippen molar-refractivity contribution in [2.45, 2.75) is 18.6 Å². The van der Waals surface area contributed by atoms with Crippen LogP contribution in [0.1, 0.15) is 12.6 Å². The van der Waals surface area contributed by atoms with Gasteiger partial charge >= 0.3 is 0 Å². The average molecular weight is 196 g/mol. The van der Waals surface area contributed by atoms with Gasteiger partial charge in [-0.1, -0.05) is 13.0 Å². The Labute approximate surface area is 83.9 Å². The standard InChI is InChI=1S/C10H16N2S/c1-9(8-11)13-7-5-10-4-2-3-6-12-10/h2-4,6,9H,5,7-8,11H2,1H3. The van der Waals surface area contributed by atoms with E-state index in [-0.39, 0.29) is 0 Å². The summed E-state index contributed by atoms with van der Waals surface area (Å²) in [6.07, 6.45) is 2.88. The molecule has 2 N–H and O–H groups in total. The Morgan fingerprint density at radius 3 is 3.00 bits per heavy atom. The zero-order valence-corrected chi connectivity index (χ0v) is 8.76. The molecule has 0 saturated carbocycles. The molecule has 72 valence electrons. The van der Waals surface area contributed by atoms with Crippen molar-refractivity contribution in [2.75, 3.05) is 12.3 Å². The summed E-state index contributed by atoms with van der Waals surface area (Å²) in [5, 5.41) is 0.559. The molecule has 1 atom stereocenters. The number of pyridine rings is 1. The highest BCUT2D eigenvalue weighted by atomic mass is 32.2. The summed E-state index contributed by atoms with van der Waals surface area (Å²) < 4.78 is 0. The normalized spacial score (nSPS) is 12.8. The van der Waals surface area contributed by atoms with E-state index in [1.54, 1.807) is 0 Å². The first-order chi connectivity index (χ1) is 6.33. The zero-order valence-electron chi connectivity index (χ0n) is 7.94. The number of aryl methyl sites for hydroxylation is 1. The maximum Gasteiger partial charge on any atom is 0.0411 e. The third-order valence-corrected chi connectivity index (χ3v) is 3.02. The summed E-state index contributed by atoms with van der Waals surface area (Å²) >= 11 is 1.91. The minimum Gasteiger partial charge on any atom is -0.329 e. The van der Waals surface area contributed by atoms with Gasteiger partial charge in [0, 0.05) is 23.7 Å². The quantitative estimate of drug-likeness (QED) is 0.779. The molecule has 0 aliphatic rings. The number of aromatic nitrogens is 1. The van der Waals surface area contributed by atoms with E-state index in [1.807, 2.05) is 30.1 Å². The molecule has 3 heteroatoms. The van der Waals surface area contributed by atoms with E-state index in [9.17, 15) is 0 Å². The number of thioether (sulfide) groups is 1. The minimum absolute atomic E-state index is 0.559. The van der Waals surface area contributed by atoms with Gasteiger partial charge in [-0.25, -0.2) is 0 Å². The highest BCUT2D eigenvalue weighted by Crippen LogP contribution is 2.10. The van der Waals surface area contributed by atoms with Crippen molar-refractivity contribution < 1.29 is 0 Å². The van der Waals surface area contributed by atoms with Gasteiger partial charge in [0.05, 0.1) is 0 Å². The van der Waals surface area contributed by atoms with Crippen LogP contribution in [-0.2, 0) is 6.42 Å². The van der Waals surface area contributed by atoms with Crippen LogP contribution >= 0.6 is 11.8 Å². The highest BCUT2D eigenvalue weighted by molar-refractivity contribution is 7.99. The molecule has 13 heavy (non-hydrogen) atoms. The second kappa shape index (κ2) is 6.00. The molecule has 2 nitrogen and oxygen atoms in total.